The van der Waals surface area contributed by atoms with E-state index < -0.39 is 0 Å². The van der Waals surface area contributed by atoms with Gasteiger partial charge in [0.15, 0.2) is 0 Å². The molecule has 2 atom stereocenters. The van der Waals surface area contributed by atoms with Crippen molar-refractivity contribution in [1.29, 1.82) is 0 Å². The lowest BCUT2D eigenvalue weighted by Crippen LogP contribution is -2.32. The SMILES string of the molecule is CCOC(=O)C1CCC(=O)C(Sc2ccccc2)C1. The second-order valence-electron chi connectivity index (χ2n) is 4.61. The van der Waals surface area contributed by atoms with Crippen molar-refractivity contribution in [2.75, 3.05) is 6.61 Å². The smallest absolute Gasteiger partial charge is 0.308 e. The molecule has 1 fully saturated rings. The van der Waals surface area contributed by atoms with Crippen LogP contribution in [0.4, 0.5) is 0 Å². The van der Waals surface area contributed by atoms with Crippen molar-refractivity contribution < 1.29 is 14.3 Å². The number of hydrogen-bond donors (Lipinski definition) is 0. The Morgan fingerprint density at radius 3 is 2.79 bits per heavy atom. The maximum Gasteiger partial charge on any atom is 0.308 e. The maximum absolute atomic E-state index is 12.0. The van der Waals surface area contributed by atoms with E-state index in [4.69, 9.17) is 4.74 Å². The lowest BCUT2D eigenvalue weighted by molar-refractivity contribution is -0.149. The number of benzene rings is 1. The van der Waals surface area contributed by atoms with Crippen molar-refractivity contribution in [3.8, 4) is 0 Å². The highest BCUT2D eigenvalue weighted by molar-refractivity contribution is 8.00. The van der Waals surface area contributed by atoms with Crippen LogP contribution in [0.5, 0.6) is 0 Å². The van der Waals surface area contributed by atoms with Gasteiger partial charge >= 0.3 is 5.97 Å². The summed E-state index contributed by atoms with van der Waals surface area (Å²) in [5, 5.41) is -0.120. The minimum absolute atomic E-state index is 0.120. The highest BCUT2D eigenvalue weighted by Crippen LogP contribution is 2.34. The molecule has 1 aromatic rings. The summed E-state index contributed by atoms with van der Waals surface area (Å²) in [6.45, 7) is 2.21. The minimum atomic E-state index is -0.159. The van der Waals surface area contributed by atoms with E-state index in [1.54, 1.807) is 11.8 Å². The molecule has 0 heterocycles. The van der Waals surface area contributed by atoms with Crippen LogP contribution in [0.1, 0.15) is 26.2 Å². The standard InChI is InChI=1S/C15H18O3S/c1-2-18-15(17)11-8-9-13(16)14(10-11)19-12-6-4-3-5-7-12/h3-7,11,14H,2,8-10H2,1H3. The van der Waals surface area contributed by atoms with Crippen LogP contribution in [0, 0.1) is 5.92 Å². The first-order valence-corrected chi connectivity index (χ1v) is 7.49. The number of ketones is 1. The summed E-state index contributed by atoms with van der Waals surface area (Å²) < 4.78 is 5.06. The van der Waals surface area contributed by atoms with Gasteiger partial charge in [0.2, 0.25) is 0 Å². The monoisotopic (exact) mass is 278 g/mol. The second-order valence-corrected chi connectivity index (χ2v) is 5.89. The molecule has 1 aromatic carbocycles. The molecule has 19 heavy (non-hydrogen) atoms. The van der Waals surface area contributed by atoms with Gasteiger partial charge in [-0.25, -0.2) is 0 Å². The van der Waals surface area contributed by atoms with E-state index in [9.17, 15) is 9.59 Å². The number of thioether (sulfide) groups is 1. The van der Waals surface area contributed by atoms with Gasteiger partial charge < -0.3 is 4.74 Å². The Morgan fingerprint density at radius 2 is 2.11 bits per heavy atom. The summed E-state index contributed by atoms with van der Waals surface area (Å²) in [4.78, 5) is 24.8. The van der Waals surface area contributed by atoms with Gasteiger partial charge in [-0.15, -0.1) is 11.8 Å². The summed E-state index contributed by atoms with van der Waals surface area (Å²) in [7, 11) is 0. The van der Waals surface area contributed by atoms with Crippen LogP contribution in [-0.2, 0) is 14.3 Å². The van der Waals surface area contributed by atoms with Crippen molar-refractivity contribution in [3.05, 3.63) is 30.3 Å². The fourth-order valence-electron chi connectivity index (χ4n) is 2.24. The average molecular weight is 278 g/mol. The Hall–Kier alpha value is -1.29. The molecule has 3 nitrogen and oxygen atoms in total. The molecule has 0 N–H and O–H groups in total. The number of carbonyl (C=O) groups is 2. The highest BCUT2D eigenvalue weighted by Gasteiger charge is 2.33. The lowest BCUT2D eigenvalue weighted by atomic mass is 9.88. The Balaban J connectivity index is 1.99. The molecule has 2 unspecified atom stereocenters. The molecule has 0 saturated heterocycles. The molecule has 4 heteroatoms. The van der Waals surface area contributed by atoms with E-state index >= 15 is 0 Å². The molecule has 1 aliphatic carbocycles. The molecule has 0 spiro atoms. The van der Waals surface area contributed by atoms with Crippen LogP contribution in [0.25, 0.3) is 0 Å². The first kappa shape index (κ1) is 14.1. The third-order valence-electron chi connectivity index (χ3n) is 3.24. The van der Waals surface area contributed by atoms with Crippen molar-refractivity contribution in [2.45, 2.75) is 36.3 Å². The number of rotatable bonds is 4. The van der Waals surface area contributed by atoms with E-state index in [1.165, 1.54) is 0 Å². The van der Waals surface area contributed by atoms with Gasteiger partial charge in [0.05, 0.1) is 17.8 Å². The molecule has 0 aliphatic heterocycles. The van der Waals surface area contributed by atoms with Crippen molar-refractivity contribution in [2.24, 2.45) is 5.92 Å². The molecule has 0 amide bonds. The van der Waals surface area contributed by atoms with E-state index in [1.807, 2.05) is 37.3 Å². The van der Waals surface area contributed by atoms with Gasteiger partial charge in [0.25, 0.3) is 0 Å². The summed E-state index contributed by atoms with van der Waals surface area (Å²) in [6.07, 6.45) is 1.70. The Kier molecular flexibility index (Phi) is 5.02. The van der Waals surface area contributed by atoms with E-state index in [0.717, 1.165) is 4.90 Å². The molecule has 1 saturated carbocycles. The summed E-state index contributed by atoms with van der Waals surface area (Å²) in [6, 6.07) is 9.85. The number of ether oxygens (including phenoxy) is 1. The second kappa shape index (κ2) is 6.75. The molecule has 1 aliphatic rings. The van der Waals surface area contributed by atoms with E-state index in [2.05, 4.69) is 0 Å². The molecular formula is C15H18O3S. The summed E-state index contributed by atoms with van der Waals surface area (Å²) >= 11 is 1.55. The molecule has 0 radical (unpaired) electrons. The zero-order chi connectivity index (χ0) is 13.7. The molecule has 102 valence electrons. The van der Waals surface area contributed by atoms with Crippen LogP contribution in [0.3, 0.4) is 0 Å². The molecule has 0 bridgehead atoms. The predicted octanol–water partition coefficient (Wildman–Crippen LogP) is 3.08. The van der Waals surface area contributed by atoms with Crippen molar-refractivity contribution >= 4 is 23.5 Å². The highest BCUT2D eigenvalue weighted by atomic mass is 32.2. The predicted molar refractivity (Wildman–Crippen MR) is 75.1 cm³/mol. The van der Waals surface area contributed by atoms with Crippen molar-refractivity contribution in [1.82, 2.24) is 0 Å². The zero-order valence-corrected chi connectivity index (χ0v) is 11.8. The zero-order valence-electron chi connectivity index (χ0n) is 11.0. The third-order valence-corrected chi connectivity index (χ3v) is 4.52. The number of hydrogen-bond acceptors (Lipinski definition) is 4. The van der Waals surface area contributed by atoms with Crippen molar-refractivity contribution in [3.63, 3.8) is 0 Å². The van der Waals surface area contributed by atoms with Crippen LogP contribution >= 0.6 is 11.8 Å². The van der Waals surface area contributed by atoms with E-state index in [0.29, 0.717) is 25.9 Å². The maximum atomic E-state index is 12.0. The lowest BCUT2D eigenvalue weighted by Gasteiger charge is -2.26. The third kappa shape index (κ3) is 3.83. The van der Waals surface area contributed by atoms with Crippen LogP contribution in [0.2, 0.25) is 0 Å². The summed E-state index contributed by atoms with van der Waals surface area (Å²) in [5.41, 5.74) is 0. The Labute approximate surface area is 117 Å². The molecule has 2 rings (SSSR count). The van der Waals surface area contributed by atoms with Gasteiger partial charge in [-0.2, -0.15) is 0 Å². The molecule has 0 aromatic heterocycles. The number of carbonyl (C=O) groups excluding carboxylic acids is 2. The first-order chi connectivity index (χ1) is 9.20. The number of esters is 1. The average Bonchev–Trinajstić information content (AvgIpc) is 2.42. The quantitative estimate of drug-likeness (QED) is 0.794. The fourth-order valence-corrected chi connectivity index (χ4v) is 3.46. The minimum Gasteiger partial charge on any atom is -0.466 e. The normalized spacial score (nSPS) is 23.1. The van der Waals surface area contributed by atoms with Gasteiger partial charge in [0, 0.05) is 11.3 Å². The van der Waals surface area contributed by atoms with E-state index in [-0.39, 0.29) is 22.9 Å². The Morgan fingerprint density at radius 1 is 1.37 bits per heavy atom. The molecular weight excluding hydrogens is 260 g/mol. The Bertz CT molecular complexity index is 444. The van der Waals surface area contributed by atoms with Crippen LogP contribution in [-0.4, -0.2) is 23.6 Å². The van der Waals surface area contributed by atoms with Gasteiger partial charge in [-0.3, -0.25) is 9.59 Å². The van der Waals surface area contributed by atoms with Crippen LogP contribution in [0.15, 0.2) is 35.2 Å². The largest absolute Gasteiger partial charge is 0.466 e. The van der Waals surface area contributed by atoms with Crippen LogP contribution < -0.4 is 0 Å². The topological polar surface area (TPSA) is 43.4 Å². The summed E-state index contributed by atoms with van der Waals surface area (Å²) in [5.74, 6) is -0.0399. The number of Topliss-reactive ketones (excluding diaryl/α,β-unsaturated/α-hetero) is 1. The van der Waals surface area contributed by atoms with Gasteiger partial charge in [-0.1, -0.05) is 18.2 Å². The fraction of sp³-hybridized carbons (Fsp3) is 0.467. The van der Waals surface area contributed by atoms with Gasteiger partial charge in [-0.05, 0) is 31.9 Å². The van der Waals surface area contributed by atoms with Gasteiger partial charge in [0.1, 0.15) is 5.78 Å². The first-order valence-electron chi connectivity index (χ1n) is 6.61.